The van der Waals surface area contributed by atoms with E-state index < -0.39 is 11.7 Å². The zero-order chi connectivity index (χ0) is 15.2. The lowest BCUT2D eigenvalue weighted by molar-refractivity contribution is -0.137. The van der Waals surface area contributed by atoms with Gasteiger partial charge in [-0.1, -0.05) is 15.9 Å². The fourth-order valence-electron chi connectivity index (χ4n) is 2.07. The molecule has 0 radical (unpaired) electrons. The van der Waals surface area contributed by atoms with Crippen molar-refractivity contribution >= 4 is 27.1 Å². The van der Waals surface area contributed by atoms with E-state index in [1.807, 2.05) is 0 Å². The van der Waals surface area contributed by atoms with Crippen molar-refractivity contribution in [3.05, 3.63) is 46.1 Å². The van der Waals surface area contributed by atoms with Crippen LogP contribution in [0.3, 0.4) is 0 Å². The van der Waals surface area contributed by atoms with Crippen molar-refractivity contribution in [1.82, 2.24) is 15.0 Å². The Bertz CT molecular complexity index is 824. The van der Waals surface area contributed by atoms with Crippen LogP contribution in [0.4, 0.5) is 13.2 Å². The van der Waals surface area contributed by atoms with Crippen LogP contribution in [0, 0.1) is 6.92 Å². The fraction of sp³-hybridized carbons (Fsp3) is 0.143. The quantitative estimate of drug-likeness (QED) is 0.686. The maximum Gasteiger partial charge on any atom is 0.417 e. The second-order valence-electron chi connectivity index (χ2n) is 4.60. The monoisotopic (exact) mass is 355 g/mol. The number of benzene rings is 1. The number of fused-ring (bicyclic) bond motifs is 1. The first kappa shape index (κ1) is 14.1. The van der Waals surface area contributed by atoms with E-state index in [1.54, 1.807) is 25.1 Å². The average Bonchev–Trinajstić information content (AvgIpc) is 2.80. The molecule has 1 aromatic carbocycles. The molecule has 0 aliphatic heterocycles. The Morgan fingerprint density at radius 1 is 1.10 bits per heavy atom. The number of nitrogens with zero attached hydrogens (tertiary/aromatic N) is 2. The summed E-state index contributed by atoms with van der Waals surface area (Å²) in [5, 5.41) is 0. The van der Waals surface area contributed by atoms with Crippen LogP contribution in [-0.2, 0) is 6.18 Å². The summed E-state index contributed by atoms with van der Waals surface area (Å²) < 4.78 is 39.8. The summed E-state index contributed by atoms with van der Waals surface area (Å²) in [6.07, 6.45) is -4.46. The van der Waals surface area contributed by atoms with Crippen LogP contribution in [0.5, 0.6) is 0 Å². The molecule has 3 aromatic rings. The first-order valence-corrected chi connectivity index (χ1v) is 6.84. The normalized spacial score (nSPS) is 12.0. The lowest BCUT2D eigenvalue weighted by atomic mass is 10.1. The van der Waals surface area contributed by atoms with Crippen LogP contribution < -0.4 is 0 Å². The number of hydrogen-bond donors (Lipinski definition) is 1. The number of H-pyrrole nitrogens is 1. The van der Waals surface area contributed by atoms with Crippen molar-refractivity contribution < 1.29 is 13.2 Å². The zero-order valence-electron chi connectivity index (χ0n) is 10.8. The van der Waals surface area contributed by atoms with Gasteiger partial charge in [-0.05, 0) is 37.3 Å². The molecular formula is C14H9BrF3N3. The molecule has 0 atom stereocenters. The van der Waals surface area contributed by atoms with E-state index in [0.717, 1.165) is 11.8 Å². The zero-order valence-corrected chi connectivity index (χ0v) is 12.4. The number of pyridine rings is 1. The summed E-state index contributed by atoms with van der Waals surface area (Å²) in [5.74, 6) is 0.155. The molecule has 2 heterocycles. The van der Waals surface area contributed by atoms with E-state index in [1.165, 1.54) is 6.07 Å². The van der Waals surface area contributed by atoms with E-state index >= 15 is 0 Å². The van der Waals surface area contributed by atoms with E-state index in [2.05, 4.69) is 30.9 Å². The molecule has 0 bridgehead atoms. The molecule has 0 saturated heterocycles. The van der Waals surface area contributed by atoms with Gasteiger partial charge in [0, 0.05) is 15.7 Å². The first-order chi connectivity index (χ1) is 9.84. The molecule has 21 heavy (non-hydrogen) atoms. The standard InChI is InChI=1S/C14H9BrF3N3/c1-7-2-5-11-13(19-7)21-12(20-11)9-4-3-8(15)6-10(9)14(16,17)18/h2-6H,1H3,(H,19,20,21). The minimum Gasteiger partial charge on any atom is -0.337 e. The van der Waals surface area contributed by atoms with Crippen LogP contribution in [0.2, 0.25) is 0 Å². The highest BCUT2D eigenvalue weighted by atomic mass is 79.9. The Kier molecular flexibility index (Phi) is 3.24. The van der Waals surface area contributed by atoms with Gasteiger partial charge in [0.05, 0.1) is 11.1 Å². The van der Waals surface area contributed by atoms with E-state index in [-0.39, 0.29) is 11.4 Å². The van der Waals surface area contributed by atoms with E-state index in [4.69, 9.17) is 0 Å². The molecule has 0 amide bonds. The Morgan fingerprint density at radius 2 is 1.86 bits per heavy atom. The predicted molar refractivity (Wildman–Crippen MR) is 76.8 cm³/mol. The van der Waals surface area contributed by atoms with Gasteiger partial charge in [0.2, 0.25) is 0 Å². The molecule has 0 unspecified atom stereocenters. The summed E-state index contributed by atoms with van der Waals surface area (Å²) in [4.78, 5) is 11.2. The van der Waals surface area contributed by atoms with Gasteiger partial charge < -0.3 is 4.98 Å². The topological polar surface area (TPSA) is 41.6 Å². The van der Waals surface area contributed by atoms with Crippen molar-refractivity contribution in [2.24, 2.45) is 0 Å². The van der Waals surface area contributed by atoms with Crippen LogP contribution in [0.15, 0.2) is 34.8 Å². The molecule has 3 rings (SSSR count). The lowest BCUT2D eigenvalue weighted by Gasteiger charge is -2.11. The number of aromatic nitrogens is 3. The minimum atomic E-state index is -4.46. The van der Waals surface area contributed by atoms with Crippen LogP contribution in [0.1, 0.15) is 11.3 Å². The first-order valence-electron chi connectivity index (χ1n) is 6.05. The van der Waals surface area contributed by atoms with Gasteiger partial charge >= 0.3 is 6.18 Å². The summed E-state index contributed by atoms with van der Waals surface area (Å²) in [7, 11) is 0. The molecule has 0 aliphatic rings. The van der Waals surface area contributed by atoms with Crippen LogP contribution in [-0.4, -0.2) is 15.0 Å². The SMILES string of the molecule is Cc1ccc2[nH]c(-c3ccc(Br)cc3C(F)(F)F)nc2n1. The molecule has 0 aliphatic carbocycles. The smallest absolute Gasteiger partial charge is 0.337 e. The summed E-state index contributed by atoms with van der Waals surface area (Å²) in [5.41, 5.74) is 1.02. The molecule has 0 fully saturated rings. The molecule has 0 spiro atoms. The molecule has 2 aromatic heterocycles. The highest BCUT2D eigenvalue weighted by Crippen LogP contribution is 2.38. The highest BCUT2D eigenvalue weighted by Gasteiger charge is 2.34. The molecule has 7 heteroatoms. The van der Waals surface area contributed by atoms with Gasteiger partial charge in [-0.3, -0.25) is 0 Å². The van der Waals surface area contributed by atoms with Crippen molar-refractivity contribution in [3.63, 3.8) is 0 Å². The van der Waals surface area contributed by atoms with Gasteiger partial charge in [-0.2, -0.15) is 13.2 Å². The predicted octanol–water partition coefficient (Wildman–Crippen LogP) is 4.71. The average molecular weight is 356 g/mol. The fourth-order valence-corrected chi connectivity index (χ4v) is 2.43. The second kappa shape index (κ2) is 4.84. The Hall–Kier alpha value is -1.89. The van der Waals surface area contributed by atoms with Crippen LogP contribution in [0.25, 0.3) is 22.6 Å². The number of rotatable bonds is 1. The minimum absolute atomic E-state index is 0.00125. The summed E-state index contributed by atoms with van der Waals surface area (Å²) in [6.45, 7) is 1.80. The van der Waals surface area contributed by atoms with Gasteiger partial charge in [-0.25, -0.2) is 9.97 Å². The molecular weight excluding hydrogens is 347 g/mol. The molecule has 1 N–H and O–H groups in total. The summed E-state index contributed by atoms with van der Waals surface area (Å²) >= 11 is 3.06. The maximum absolute atomic E-state index is 13.2. The number of aryl methyl sites for hydroxylation is 1. The second-order valence-corrected chi connectivity index (χ2v) is 5.51. The number of hydrogen-bond acceptors (Lipinski definition) is 2. The number of imidazole rings is 1. The molecule has 3 nitrogen and oxygen atoms in total. The van der Waals surface area contributed by atoms with E-state index in [0.29, 0.717) is 15.6 Å². The van der Waals surface area contributed by atoms with Crippen molar-refractivity contribution in [3.8, 4) is 11.4 Å². The number of alkyl halides is 3. The van der Waals surface area contributed by atoms with Gasteiger partial charge in [0.1, 0.15) is 5.82 Å². The summed E-state index contributed by atoms with van der Waals surface area (Å²) in [6, 6.07) is 7.51. The Morgan fingerprint density at radius 3 is 2.57 bits per heavy atom. The molecule has 0 saturated carbocycles. The number of halogens is 4. The van der Waals surface area contributed by atoms with Crippen LogP contribution >= 0.6 is 15.9 Å². The number of aromatic amines is 1. The third-order valence-corrected chi connectivity index (χ3v) is 3.52. The van der Waals surface area contributed by atoms with Crippen molar-refractivity contribution in [2.75, 3.05) is 0 Å². The van der Waals surface area contributed by atoms with Gasteiger partial charge in [0.15, 0.2) is 5.65 Å². The van der Waals surface area contributed by atoms with Gasteiger partial charge in [-0.15, -0.1) is 0 Å². The van der Waals surface area contributed by atoms with Crippen molar-refractivity contribution in [1.29, 1.82) is 0 Å². The Labute approximate surface area is 126 Å². The Balaban J connectivity index is 2.22. The molecule has 108 valence electrons. The number of nitrogens with one attached hydrogen (secondary N) is 1. The maximum atomic E-state index is 13.2. The lowest BCUT2D eigenvalue weighted by Crippen LogP contribution is -2.07. The van der Waals surface area contributed by atoms with Gasteiger partial charge in [0.25, 0.3) is 0 Å². The largest absolute Gasteiger partial charge is 0.417 e. The third-order valence-electron chi connectivity index (χ3n) is 3.03. The third kappa shape index (κ3) is 2.65. The van der Waals surface area contributed by atoms with Crippen molar-refractivity contribution in [2.45, 2.75) is 13.1 Å². The van der Waals surface area contributed by atoms with E-state index in [9.17, 15) is 13.2 Å². The highest BCUT2D eigenvalue weighted by molar-refractivity contribution is 9.10.